The number of rotatable bonds is 5. The number of hydrogen-bond acceptors (Lipinski definition) is 4. The summed E-state index contributed by atoms with van der Waals surface area (Å²) in [6.45, 7) is 6.82. The fraction of sp³-hybridized carbons (Fsp3) is 0.450. The lowest BCUT2D eigenvalue weighted by atomic mass is 9.98. The number of aliphatic hydroxyl groups is 1. The molecule has 5 heteroatoms. The minimum Gasteiger partial charge on any atom is -0.387 e. The van der Waals surface area contributed by atoms with Crippen molar-refractivity contribution in [1.29, 1.82) is 0 Å². The van der Waals surface area contributed by atoms with Crippen molar-refractivity contribution in [3.05, 3.63) is 41.3 Å². The van der Waals surface area contributed by atoms with Crippen LogP contribution in [0.3, 0.4) is 0 Å². The van der Waals surface area contributed by atoms with E-state index in [0.29, 0.717) is 6.54 Å². The Morgan fingerprint density at radius 2 is 2.04 bits per heavy atom. The first-order valence-corrected chi connectivity index (χ1v) is 9.15. The molecule has 3 aromatic rings. The maximum absolute atomic E-state index is 11.1. The van der Waals surface area contributed by atoms with Crippen LogP contribution in [0.25, 0.3) is 22.2 Å². The third-order valence-corrected chi connectivity index (χ3v) is 5.23. The van der Waals surface area contributed by atoms with Gasteiger partial charge in [-0.1, -0.05) is 30.3 Å². The third-order valence-electron chi connectivity index (χ3n) is 5.23. The molecule has 0 radical (unpaired) electrons. The standard InChI is InChI=1S/C20H25N3O2/c1-3-15-18(13(2)25-22-15)20-19(14-8-4-5-9-16(14)21-20)17(24)12-23-10-6-7-11-23/h4-5,8-9,17,21,24H,3,6-7,10-12H2,1-2H3. The van der Waals surface area contributed by atoms with Crippen LogP contribution in [0.2, 0.25) is 0 Å². The Hall–Kier alpha value is -2.11. The van der Waals surface area contributed by atoms with E-state index in [1.807, 2.05) is 19.1 Å². The first kappa shape index (κ1) is 16.4. The van der Waals surface area contributed by atoms with E-state index in [1.165, 1.54) is 12.8 Å². The number of β-amino-alcohol motifs (C(OH)–C–C–N with tert-alkyl or cyclic N) is 1. The second kappa shape index (κ2) is 6.65. The molecule has 25 heavy (non-hydrogen) atoms. The van der Waals surface area contributed by atoms with Crippen LogP contribution >= 0.6 is 0 Å². The molecule has 2 aromatic heterocycles. The van der Waals surface area contributed by atoms with Crippen molar-refractivity contribution in [2.45, 2.75) is 39.2 Å². The molecule has 0 saturated carbocycles. The Kier molecular flexibility index (Phi) is 4.36. The molecule has 0 amide bonds. The summed E-state index contributed by atoms with van der Waals surface area (Å²) in [5.74, 6) is 0.790. The molecule has 4 rings (SSSR count). The normalized spacial score (nSPS) is 16.8. The fourth-order valence-electron chi connectivity index (χ4n) is 3.99. The molecule has 1 fully saturated rings. The molecular formula is C20H25N3O2. The molecule has 3 heterocycles. The number of benzene rings is 1. The van der Waals surface area contributed by atoms with Crippen LogP contribution < -0.4 is 0 Å². The van der Waals surface area contributed by atoms with Crippen molar-refractivity contribution in [3.8, 4) is 11.3 Å². The van der Waals surface area contributed by atoms with Crippen LogP contribution in [0, 0.1) is 6.92 Å². The predicted molar refractivity (Wildman–Crippen MR) is 98.5 cm³/mol. The van der Waals surface area contributed by atoms with Gasteiger partial charge in [-0.3, -0.25) is 0 Å². The van der Waals surface area contributed by atoms with Gasteiger partial charge in [0.15, 0.2) is 0 Å². The monoisotopic (exact) mass is 339 g/mol. The minimum atomic E-state index is -0.539. The summed E-state index contributed by atoms with van der Waals surface area (Å²) in [6, 6.07) is 8.17. The number of aryl methyl sites for hydroxylation is 2. The van der Waals surface area contributed by atoms with Gasteiger partial charge in [0.1, 0.15) is 5.76 Å². The molecule has 5 nitrogen and oxygen atoms in total. The quantitative estimate of drug-likeness (QED) is 0.741. The van der Waals surface area contributed by atoms with Crippen LogP contribution in [0.1, 0.15) is 42.9 Å². The molecule has 1 aliphatic rings. The zero-order valence-electron chi connectivity index (χ0n) is 14.9. The number of nitrogens with one attached hydrogen (secondary N) is 1. The predicted octanol–water partition coefficient (Wildman–Crippen LogP) is 3.82. The van der Waals surface area contributed by atoms with E-state index in [1.54, 1.807) is 0 Å². The summed E-state index contributed by atoms with van der Waals surface area (Å²) in [5.41, 5.74) is 4.87. The zero-order valence-corrected chi connectivity index (χ0v) is 14.9. The summed E-state index contributed by atoms with van der Waals surface area (Å²) in [4.78, 5) is 5.85. The number of aromatic amines is 1. The van der Waals surface area contributed by atoms with E-state index in [9.17, 15) is 5.11 Å². The van der Waals surface area contributed by atoms with Crippen LogP contribution in [-0.4, -0.2) is 39.8 Å². The Morgan fingerprint density at radius 1 is 1.28 bits per heavy atom. The van der Waals surface area contributed by atoms with Gasteiger partial charge in [0.05, 0.1) is 23.1 Å². The number of hydrogen-bond donors (Lipinski definition) is 2. The van der Waals surface area contributed by atoms with Crippen molar-refractivity contribution in [1.82, 2.24) is 15.0 Å². The minimum absolute atomic E-state index is 0.539. The topological polar surface area (TPSA) is 65.3 Å². The van der Waals surface area contributed by atoms with E-state index in [2.05, 4.69) is 34.1 Å². The summed E-state index contributed by atoms with van der Waals surface area (Å²) in [7, 11) is 0. The highest BCUT2D eigenvalue weighted by molar-refractivity contribution is 5.92. The molecule has 2 N–H and O–H groups in total. The average molecular weight is 339 g/mol. The van der Waals surface area contributed by atoms with Gasteiger partial charge in [-0.15, -0.1) is 0 Å². The van der Waals surface area contributed by atoms with Crippen LogP contribution in [0.5, 0.6) is 0 Å². The van der Waals surface area contributed by atoms with Gasteiger partial charge in [0.2, 0.25) is 0 Å². The van der Waals surface area contributed by atoms with E-state index < -0.39 is 6.10 Å². The van der Waals surface area contributed by atoms with E-state index in [-0.39, 0.29) is 0 Å². The summed E-state index contributed by atoms with van der Waals surface area (Å²) < 4.78 is 5.44. The lowest BCUT2D eigenvalue weighted by Gasteiger charge is -2.20. The second-order valence-electron chi connectivity index (χ2n) is 6.90. The highest BCUT2D eigenvalue weighted by Gasteiger charge is 2.26. The average Bonchev–Trinajstić information content (AvgIpc) is 3.32. The zero-order chi connectivity index (χ0) is 17.4. The number of para-hydroxylation sites is 1. The van der Waals surface area contributed by atoms with Gasteiger partial charge in [0, 0.05) is 23.0 Å². The Morgan fingerprint density at radius 3 is 2.80 bits per heavy atom. The SMILES string of the molecule is CCc1noc(C)c1-c1[nH]c2ccccc2c1C(O)CN1CCCC1. The first-order chi connectivity index (χ1) is 12.2. The summed E-state index contributed by atoms with van der Waals surface area (Å²) in [6.07, 6.45) is 2.70. The lowest BCUT2D eigenvalue weighted by Crippen LogP contribution is -2.25. The molecule has 1 atom stereocenters. The van der Waals surface area contributed by atoms with Crippen molar-refractivity contribution >= 4 is 10.9 Å². The fourth-order valence-corrected chi connectivity index (χ4v) is 3.99. The number of likely N-dealkylation sites (tertiary alicyclic amines) is 1. The van der Waals surface area contributed by atoms with E-state index in [0.717, 1.165) is 58.7 Å². The molecule has 0 bridgehead atoms. The van der Waals surface area contributed by atoms with Gasteiger partial charge in [-0.05, 0) is 45.3 Å². The highest BCUT2D eigenvalue weighted by atomic mass is 16.5. The highest BCUT2D eigenvalue weighted by Crippen LogP contribution is 2.38. The van der Waals surface area contributed by atoms with Gasteiger partial charge >= 0.3 is 0 Å². The van der Waals surface area contributed by atoms with Gasteiger partial charge in [0.25, 0.3) is 0 Å². The molecule has 132 valence electrons. The maximum atomic E-state index is 11.1. The van der Waals surface area contributed by atoms with Gasteiger partial charge in [-0.2, -0.15) is 0 Å². The van der Waals surface area contributed by atoms with Crippen molar-refractivity contribution in [2.75, 3.05) is 19.6 Å². The van der Waals surface area contributed by atoms with E-state index >= 15 is 0 Å². The lowest BCUT2D eigenvalue weighted by molar-refractivity contribution is 0.128. The van der Waals surface area contributed by atoms with Crippen molar-refractivity contribution < 1.29 is 9.63 Å². The van der Waals surface area contributed by atoms with Gasteiger partial charge in [-0.25, -0.2) is 0 Å². The van der Waals surface area contributed by atoms with E-state index in [4.69, 9.17) is 4.52 Å². The number of aliphatic hydroxyl groups excluding tert-OH is 1. The molecule has 1 unspecified atom stereocenters. The Labute approximate surface area is 147 Å². The Balaban J connectivity index is 1.84. The van der Waals surface area contributed by atoms with Gasteiger partial charge < -0.3 is 19.5 Å². The molecule has 1 saturated heterocycles. The van der Waals surface area contributed by atoms with Crippen molar-refractivity contribution in [2.24, 2.45) is 0 Å². The molecule has 0 aliphatic carbocycles. The number of H-pyrrole nitrogens is 1. The number of aromatic nitrogens is 2. The third kappa shape index (κ3) is 2.87. The largest absolute Gasteiger partial charge is 0.387 e. The second-order valence-corrected chi connectivity index (χ2v) is 6.90. The summed E-state index contributed by atoms with van der Waals surface area (Å²) >= 11 is 0. The number of fused-ring (bicyclic) bond motifs is 1. The summed E-state index contributed by atoms with van der Waals surface area (Å²) in [5, 5.41) is 16.4. The van der Waals surface area contributed by atoms with Crippen LogP contribution in [0.15, 0.2) is 28.8 Å². The molecule has 0 spiro atoms. The maximum Gasteiger partial charge on any atom is 0.143 e. The number of nitrogens with zero attached hydrogens (tertiary/aromatic N) is 2. The van der Waals surface area contributed by atoms with Crippen molar-refractivity contribution in [3.63, 3.8) is 0 Å². The smallest absolute Gasteiger partial charge is 0.143 e. The van der Waals surface area contributed by atoms with Crippen LogP contribution in [-0.2, 0) is 6.42 Å². The molecule has 1 aliphatic heterocycles. The molecular weight excluding hydrogens is 314 g/mol. The Bertz CT molecular complexity index is 874. The van der Waals surface area contributed by atoms with Crippen LogP contribution in [0.4, 0.5) is 0 Å². The first-order valence-electron chi connectivity index (χ1n) is 9.15. The molecule has 1 aromatic carbocycles.